The van der Waals surface area contributed by atoms with Crippen molar-refractivity contribution in [2.75, 3.05) is 5.32 Å². The summed E-state index contributed by atoms with van der Waals surface area (Å²) in [4.78, 5) is 24.3. The number of carboxylic acid groups (broad SMARTS) is 1. The van der Waals surface area contributed by atoms with Crippen LogP contribution in [0.1, 0.15) is 28.9 Å². The Kier molecular flexibility index (Phi) is 1.42. The van der Waals surface area contributed by atoms with Crippen molar-refractivity contribution in [2.45, 2.75) is 12.8 Å². The number of hydrogen-bond donors (Lipinski definition) is 3. The maximum Gasteiger partial charge on any atom is 0.352 e. The molecule has 0 spiro atoms. The molecule has 5 heteroatoms. The van der Waals surface area contributed by atoms with Gasteiger partial charge in [0, 0.05) is 5.56 Å². The minimum atomic E-state index is -1.02. The molecule has 0 fully saturated rings. The second kappa shape index (κ2) is 2.35. The first-order valence-electron chi connectivity index (χ1n) is 3.86. The number of aromatic nitrogens is 1. The zero-order chi connectivity index (χ0) is 9.59. The highest BCUT2D eigenvalue weighted by atomic mass is 16.4. The lowest BCUT2D eigenvalue weighted by atomic mass is 10.1. The first-order chi connectivity index (χ1) is 6.09. The number of fused-ring (bicyclic) bond motifs is 1. The fourth-order valence-corrected chi connectivity index (χ4v) is 1.40. The molecule has 1 aromatic rings. The number of aromatic amines is 1. The van der Waals surface area contributed by atoms with Crippen molar-refractivity contribution in [3.63, 3.8) is 0 Å². The smallest absolute Gasteiger partial charge is 0.352 e. The van der Waals surface area contributed by atoms with Crippen molar-refractivity contribution in [2.24, 2.45) is 0 Å². The van der Waals surface area contributed by atoms with E-state index in [1.54, 1.807) is 6.92 Å². The highest BCUT2D eigenvalue weighted by molar-refractivity contribution is 6.03. The highest BCUT2D eigenvalue weighted by Gasteiger charge is 2.29. The number of nitrogens with one attached hydrogen (secondary N) is 2. The summed E-state index contributed by atoms with van der Waals surface area (Å²) in [5, 5.41) is 11.2. The molecule has 1 aromatic heterocycles. The van der Waals surface area contributed by atoms with E-state index < -0.39 is 5.97 Å². The van der Waals surface area contributed by atoms with Gasteiger partial charge in [-0.05, 0) is 13.0 Å². The van der Waals surface area contributed by atoms with Gasteiger partial charge < -0.3 is 15.4 Å². The molecule has 5 nitrogen and oxygen atoms in total. The minimum absolute atomic E-state index is 0.0989. The van der Waals surface area contributed by atoms with Gasteiger partial charge >= 0.3 is 5.97 Å². The molecule has 13 heavy (non-hydrogen) atoms. The number of rotatable bonds is 1. The molecule has 2 rings (SSSR count). The summed E-state index contributed by atoms with van der Waals surface area (Å²) in [6, 6.07) is 1.49. The standard InChI is InChI=1S/C8H8N2O3/c1-3-4-2-5(8(12)13)9-6(4)10-7(3)11/h2-3,9H,1H3,(H,10,11)(H,12,13)/t3-/m1/s1. The predicted octanol–water partition coefficient (Wildman–Crippen LogP) is 0.768. The van der Waals surface area contributed by atoms with E-state index in [4.69, 9.17) is 5.11 Å². The van der Waals surface area contributed by atoms with E-state index in [0.29, 0.717) is 5.82 Å². The van der Waals surface area contributed by atoms with Crippen LogP contribution in [0.4, 0.5) is 5.82 Å². The fraction of sp³-hybridized carbons (Fsp3) is 0.250. The third-order valence-electron chi connectivity index (χ3n) is 2.19. The molecule has 1 aliphatic rings. The molecule has 1 atom stereocenters. The van der Waals surface area contributed by atoms with Gasteiger partial charge in [-0.2, -0.15) is 0 Å². The van der Waals surface area contributed by atoms with E-state index in [1.807, 2.05) is 0 Å². The molecule has 0 radical (unpaired) electrons. The Balaban J connectivity index is 2.45. The third-order valence-corrected chi connectivity index (χ3v) is 2.19. The van der Waals surface area contributed by atoms with Crippen LogP contribution in [0.15, 0.2) is 6.07 Å². The van der Waals surface area contributed by atoms with E-state index in [0.717, 1.165) is 5.56 Å². The van der Waals surface area contributed by atoms with Crippen molar-refractivity contribution < 1.29 is 14.7 Å². The number of carbonyl (C=O) groups is 2. The van der Waals surface area contributed by atoms with Gasteiger partial charge in [0.25, 0.3) is 0 Å². The normalized spacial score (nSPS) is 19.8. The summed E-state index contributed by atoms with van der Waals surface area (Å²) in [5.41, 5.74) is 0.833. The van der Waals surface area contributed by atoms with Gasteiger partial charge in [-0.3, -0.25) is 4.79 Å². The van der Waals surface area contributed by atoms with Gasteiger partial charge in [0.15, 0.2) is 0 Å². The fourth-order valence-electron chi connectivity index (χ4n) is 1.40. The van der Waals surface area contributed by atoms with Gasteiger partial charge in [0.2, 0.25) is 5.91 Å². The second-order valence-electron chi connectivity index (χ2n) is 3.03. The van der Waals surface area contributed by atoms with E-state index in [9.17, 15) is 9.59 Å². The molecule has 0 aromatic carbocycles. The Hall–Kier alpha value is -1.78. The first-order valence-corrected chi connectivity index (χ1v) is 3.86. The van der Waals surface area contributed by atoms with Gasteiger partial charge in [0.05, 0.1) is 5.92 Å². The summed E-state index contributed by atoms with van der Waals surface area (Å²) in [6.45, 7) is 1.74. The summed E-state index contributed by atoms with van der Waals surface area (Å²) in [6.07, 6.45) is 0. The van der Waals surface area contributed by atoms with Crippen molar-refractivity contribution in [3.8, 4) is 0 Å². The average molecular weight is 180 g/mol. The molecule has 1 aliphatic heterocycles. The van der Waals surface area contributed by atoms with E-state index in [2.05, 4.69) is 10.3 Å². The van der Waals surface area contributed by atoms with Crippen molar-refractivity contribution in [1.29, 1.82) is 0 Å². The maximum absolute atomic E-state index is 11.1. The zero-order valence-corrected chi connectivity index (χ0v) is 6.92. The van der Waals surface area contributed by atoms with Crippen LogP contribution in [0, 0.1) is 0 Å². The van der Waals surface area contributed by atoms with Crippen LogP contribution in [0.2, 0.25) is 0 Å². The molecular weight excluding hydrogens is 172 g/mol. The number of amides is 1. The topological polar surface area (TPSA) is 82.2 Å². The van der Waals surface area contributed by atoms with E-state index >= 15 is 0 Å². The van der Waals surface area contributed by atoms with Crippen LogP contribution in [-0.4, -0.2) is 22.0 Å². The van der Waals surface area contributed by atoms with Crippen LogP contribution in [-0.2, 0) is 4.79 Å². The van der Waals surface area contributed by atoms with Gasteiger partial charge in [-0.1, -0.05) is 0 Å². The lowest BCUT2D eigenvalue weighted by molar-refractivity contribution is -0.116. The Morgan fingerprint density at radius 1 is 1.62 bits per heavy atom. The van der Waals surface area contributed by atoms with Gasteiger partial charge in [-0.15, -0.1) is 0 Å². The van der Waals surface area contributed by atoms with Gasteiger partial charge in [-0.25, -0.2) is 4.79 Å². The van der Waals surface area contributed by atoms with Crippen molar-refractivity contribution in [1.82, 2.24) is 4.98 Å². The number of carboxylic acids is 1. The highest BCUT2D eigenvalue weighted by Crippen LogP contribution is 2.31. The Labute approximate surface area is 73.8 Å². The van der Waals surface area contributed by atoms with E-state index in [-0.39, 0.29) is 17.5 Å². The van der Waals surface area contributed by atoms with Crippen LogP contribution in [0.5, 0.6) is 0 Å². The molecular formula is C8H8N2O3. The lowest BCUT2D eigenvalue weighted by Gasteiger charge is -1.96. The lowest BCUT2D eigenvalue weighted by Crippen LogP contribution is -2.10. The minimum Gasteiger partial charge on any atom is -0.477 e. The second-order valence-corrected chi connectivity index (χ2v) is 3.03. The van der Waals surface area contributed by atoms with Crippen LogP contribution >= 0.6 is 0 Å². The molecule has 0 unspecified atom stereocenters. The maximum atomic E-state index is 11.1. The summed E-state index contributed by atoms with van der Waals surface area (Å²) in [7, 11) is 0. The SMILES string of the molecule is C[C@H]1C(=O)Nc2[nH]c(C(=O)O)cc21. The largest absolute Gasteiger partial charge is 0.477 e. The molecule has 1 amide bonds. The molecule has 68 valence electrons. The van der Waals surface area contributed by atoms with Crippen molar-refractivity contribution in [3.05, 3.63) is 17.3 Å². The zero-order valence-electron chi connectivity index (χ0n) is 6.92. The molecule has 0 saturated carbocycles. The number of hydrogen-bond acceptors (Lipinski definition) is 2. The average Bonchev–Trinajstić information content (AvgIpc) is 2.55. The quantitative estimate of drug-likeness (QED) is 0.596. The molecule has 3 N–H and O–H groups in total. The molecule has 0 saturated heterocycles. The number of aromatic carboxylic acids is 1. The van der Waals surface area contributed by atoms with E-state index in [1.165, 1.54) is 6.07 Å². The number of anilines is 1. The Morgan fingerprint density at radius 3 is 2.85 bits per heavy atom. The molecule has 2 heterocycles. The third kappa shape index (κ3) is 1.00. The van der Waals surface area contributed by atoms with Crippen LogP contribution in [0.3, 0.4) is 0 Å². The van der Waals surface area contributed by atoms with Crippen LogP contribution in [0.25, 0.3) is 0 Å². The first kappa shape index (κ1) is 7.85. The summed E-state index contributed by atoms with van der Waals surface area (Å²) in [5.74, 6) is -0.872. The van der Waals surface area contributed by atoms with Gasteiger partial charge in [0.1, 0.15) is 11.5 Å². The predicted molar refractivity (Wildman–Crippen MR) is 44.8 cm³/mol. The monoisotopic (exact) mass is 180 g/mol. The Bertz CT molecular complexity index is 394. The Morgan fingerprint density at radius 2 is 2.31 bits per heavy atom. The van der Waals surface area contributed by atoms with Crippen molar-refractivity contribution >= 4 is 17.7 Å². The molecule has 0 aliphatic carbocycles. The molecule has 0 bridgehead atoms. The summed E-state index contributed by atoms with van der Waals surface area (Å²) >= 11 is 0. The summed E-state index contributed by atoms with van der Waals surface area (Å²) < 4.78 is 0. The number of carbonyl (C=O) groups excluding carboxylic acids is 1. The number of H-pyrrole nitrogens is 1. The van der Waals surface area contributed by atoms with Crippen LogP contribution < -0.4 is 5.32 Å².